The zero-order valence-electron chi connectivity index (χ0n) is 18.3. The van der Waals surface area contributed by atoms with Crippen molar-refractivity contribution in [3.8, 4) is 5.69 Å². The lowest BCUT2D eigenvalue weighted by Crippen LogP contribution is -2.38. The highest BCUT2D eigenvalue weighted by atomic mass is 79.9. The van der Waals surface area contributed by atoms with Crippen LogP contribution in [0.4, 0.5) is 0 Å². The molecule has 0 aliphatic heterocycles. The first-order chi connectivity index (χ1) is 15.9. The third-order valence-corrected chi connectivity index (χ3v) is 6.29. The Morgan fingerprint density at radius 1 is 1.09 bits per heavy atom. The summed E-state index contributed by atoms with van der Waals surface area (Å²) in [5, 5.41) is 1.03. The Bertz CT molecular complexity index is 1370. The second-order valence-electron chi connectivity index (χ2n) is 7.79. The first-order valence-corrected chi connectivity index (χ1v) is 11.9. The van der Waals surface area contributed by atoms with E-state index in [1.807, 2.05) is 50.2 Å². The van der Waals surface area contributed by atoms with Gasteiger partial charge in [-0.15, -0.1) is 0 Å². The van der Waals surface area contributed by atoms with Crippen molar-refractivity contribution in [2.45, 2.75) is 26.3 Å². The largest absolute Gasteiger partial charge is 0.329 e. The second-order valence-corrected chi connectivity index (χ2v) is 9.14. The molecule has 0 spiro atoms. The van der Waals surface area contributed by atoms with E-state index in [0.29, 0.717) is 39.5 Å². The van der Waals surface area contributed by atoms with E-state index in [-0.39, 0.29) is 11.5 Å². The highest BCUT2D eigenvalue weighted by molar-refractivity contribution is 9.10. The topological polar surface area (TPSA) is 55.2 Å². The fourth-order valence-corrected chi connectivity index (χ4v) is 4.35. The zero-order chi connectivity index (χ0) is 23.5. The van der Waals surface area contributed by atoms with Crippen LogP contribution in [0.5, 0.6) is 0 Å². The lowest BCUT2D eigenvalue weighted by molar-refractivity contribution is 0.0681. The van der Waals surface area contributed by atoms with Crippen LogP contribution in [0.15, 0.2) is 82.1 Å². The maximum atomic E-state index is 13.6. The Labute approximate surface area is 205 Å². The first kappa shape index (κ1) is 23.2. The van der Waals surface area contributed by atoms with E-state index in [1.54, 1.807) is 45.9 Å². The Morgan fingerprint density at radius 2 is 1.82 bits per heavy atom. The third-order valence-electron chi connectivity index (χ3n) is 5.53. The highest BCUT2D eigenvalue weighted by Crippen LogP contribution is 2.26. The fourth-order valence-electron chi connectivity index (χ4n) is 3.90. The summed E-state index contributed by atoms with van der Waals surface area (Å²) in [5.41, 5.74) is 1.59. The van der Waals surface area contributed by atoms with E-state index in [0.717, 1.165) is 10.9 Å². The summed E-state index contributed by atoms with van der Waals surface area (Å²) in [5.74, 6) is 0.372. The maximum Gasteiger partial charge on any atom is 0.266 e. The molecule has 4 rings (SSSR count). The Kier molecular flexibility index (Phi) is 6.96. The van der Waals surface area contributed by atoms with E-state index >= 15 is 0 Å². The smallest absolute Gasteiger partial charge is 0.266 e. The molecule has 0 aliphatic rings. The number of rotatable bonds is 6. The number of fused-ring (bicyclic) bond motifs is 1. The van der Waals surface area contributed by atoms with Crippen LogP contribution in [0.1, 0.15) is 42.5 Å². The molecule has 1 unspecified atom stereocenters. The normalized spacial score (nSPS) is 12.0. The molecule has 5 nitrogen and oxygen atoms in total. The van der Waals surface area contributed by atoms with E-state index in [2.05, 4.69) is 15.9 Å². The minimum atomic E-state index is -0.461. The molecule has 3 aromatic carbocycles. The summed E-state index contributed by atoms with van der Waals surface area (Å²) in [4.78, 5) is 33.7. The van der Waals surface area contributed by atoms with Crippen LogP contribution in [0.3, 0.4) is 0 Å². The van der Waals surface area contributed by atoms with Crippen LogP contribution in [-0.4, -0.2) is 26.9 Å². The van der Waals surface area contributed by atoms with Gasteiger partial charge in [0.1, 0.15) is 5.82 Å². The number of hydrogen-bond acceptors (Lipinski definition) is 3. The summed E-state index contributed by atoms with van der Waals surface area (Å²) >= 11 is 9.67. The van der Waals surface area contributed by atoms with Crippen molar-refractivity contribution < 1.29 is 4.79 Å². The molecule has 0 saturated carbocycles. The number of para-hydroxylation sites is 1. The number of carbonyl (C=O) groups excluding carboxylic acids is 1. The van der Waals surface area contributed by atoms with Gasteiger partial charge in [-0.25, -0.2) is 4.98 Å². The van der Waals surface area contributed by atoms with Crippen LogP contribution in [0, 0.1) is 0 Å². The van der Waals surface area contributed by atoms with Crippen molar-refractivity contribution >= 4 is 44.3 Å². The van der Waals surface area contributed by atoms with E-state index in [1.165, 1.54) is 0 Å². The van der Waals surface area contributed by atoms with Gasteiger partial charge in [0.2, 0.25) is 0 Å². The quantitative estimate of drug-likeness (QED) is 0.293. The molecule has 0 saturated heterocycles. The predicted molar refractivity (Wildman–Crippen MR) is 136 cm³/mol. The van der Waals surface area contributed by atoms with Gasteiger partial charge in [-0.3, -0.25) is 14.2 Å². The molecule has 7 heteroatoms. The van der Waals surface area contributed by atoms with E-state index < -0.39 is 6.04 Å². The summed E-state index contributed by atoms with van der Waals surface area (Å²) in [6, 6.07) is 21.2. The van der Waals surface area contributed by atoms with Gasteiger partial charge in [0.25, 0.3) is 11.5 Å². The summed E-state index contributed by atoms with van der Waals surface area (Å²) in [6.07, 6.45) is 0.765. The monoisotopic (exact) mass is 523 g/mol. The van der Waals surface area contributed by atoms with Crippen LogP contribution in [-0.2, 0) is 0 Å². The SMILES string of the molecule is CCCN(C(=O)c1ccc(Br)cc1)C(C)c1nc2ccccc2c(=O)n1-c1cccc(Cl)c1. The van der Waals surface area contributed by atoms with Crippen LogP contribution < -0.4 is 5.56 Å². The average Bonchev–Trinajstić information content (AvgIpc) is 2.82. The molecule has 0 N–H and O–H groups in total. The van der Waals surface area contributed by atoms with Gasteiger partial charge in [-0.05, 0) is 67.9 Å². The number of halogens is 2. The predicted octanol–water partition coefficient (Wildman–Crippen LogP) is 6.42. The van der Waals surface area contributed by atoms with E-state index in [4.69, 9.17) is 16.6 Å². The number of nitrogens with zero attached hydrogens (tertiary/aromatic N) is 3. The van der Waals surface area contributed by atoms with E-state index in [9.17, 15) is 9.59 Å². The van der Waals surface area contributed by atoms with Gasteiger partial charge in [-0.1, -0.05) is 52.7 Å². The van der Waals surface area contributed by atoms with Gasteiger partial charge < -0.3 is 4.90 Å². The minimum absolute atomic E-state index is 0.114. The molecular formula is C26H23BrClN3O2. The molecule has 0 radical (unpaired) electrons. The Morgan fingerprint density at radius 3 is 2.52 bits per heavy atom. The molecule has 0 aliphatic carbocycles. The van der Waals surface area contributed by atoms with Crippen molar-refractivity contribution in [3.63, 3.8) is 0 Å². The molecule has 1 aromatic heterocycles. The molecule has 1 amide bonds. The fraction of sp³-hybridized carbons (Fsp3) is 0.192. The molecule has 33 heavy (non-hydrogen) atoms. The first-order valence-electron chi connectivity index (χ1n) is 10.7. The molecular weight excluding hydrogens is 502 g/mol. The molecule has 4 aromatic rings. The lowest BCUT2D eigenvalue weighted by atomic mass is 10.1. The van der Waals surface area contributed by atoms with Crippen LogP contribution in [0.2, 0.25) is 5.02 Å². The standard InChI is InChI=1S/C26H23BrClN3O2/c1-3-15-30(25(32)18-11-13-19(27)14-12-18)17(2)24-29-23-10-5-4-9-22(23)26(33)31(24)21-8-6-7-20(28)16-21/h4-14,16-17H,3,15H2,1-2H3. The summed E-state index contributed by atoms with van der Waals surface area (Å²) in [6.45, 7) is 4.45. The van der Waals surface area contributed by atoms with Gasteiger partial charge in [0.05, 0.1) is 22.6 Å². The molecule has 1 atom stereocenters. The molecule has 1 heterocycles. The van der Waals surface area contributed by atoms with Crippen LogP contribution in [0.25, 0.3) is 16.6 Å². The highest BCUT2D eigenvalue weighted by Gasteiger charge is 2.27. The van der Waals surface area contributed by atoms with Gasteiger partial charge >= 0.3 is 0 Å². The minimum Gasteiger partial charge on any atom is -0.329 e. The number of hydrogen-bond donors (Lipinski definition) is 0. The Hall–Kier alpha value is -2.96. The Balaban J connectivity index is 1.90. The summed E-state index contributed by atoms with van der Waals surface area (Å²) in [7, 11) is 0. The molecule has 0 fully saturated rings. The van der Waals surface area contributed by atoms with Crippen LogP contribution >= 0.6 is 27.5 Å². The van der Waals surface area contributed by atoms with Crippen molar-refractivity contribution in [3.05, 3.63) is 104 Å². The summed E-state index contributed by atoms with van der Waals surface area (Å²) < 4.78 is 2.47. The maximum absolute atomic E-state index is 13.6. The second kappa shape index (κ2) is 9.89. The van der Waals surface area contributed by atoms with Crippen molar-refractivity contribution in [2.24, 2.45) is 0 Å². The molecule has 168 valence electrons. The third kappa shape index (κ3) is 4.72. The number of benzene rings is 3. The zero-order valence-corrected chi connectivity index (χ0v) is 20.7. The van der Waals surface area contributed by atoms with Gasteiger partial charge in [-0.2, -0.15) is 0 Å². The number of amides is 1. The number of aromatic nitrogens is 2. The van der Waals surface area contributed by atoms with Crippen molar-refractivity contribution in [1.29, 1.82) is 0 Å². The molecule has 0 bridgehead atoms. The number of carbonyl (C=O) groups is 1. The van der Waals surface area contributed by atoms with Gasteiger partial charge in [0.15, 0.2) is 0 Å². The lowest BCUT2D eigenvalue weighted by Gasteiger charge is -2.30. The average molecular weight is 525 g/mol. The van der Waals surface area contributed by atoms with Crippen molar-refractivity contribution in [2.75, 3.05) is 6.54 Å². The van der Waals surface area contributed by atoms with Crippen molar-refractivity contribution in [1.82, 2.24) is 14.5 Å². The van der Waals surface area contributed by atoms with Gasteiger partial charge in [0, 0.05) is 21.6 Å².